The number of rotatable bonds is 8. The molecule has 2 heterocycles. The van der Waals surface area contributed by atoms with Crippen LogP contribution in [0.2, 0.25) is 0 Å². The number of benzene rings is 1. The summed E-state index contributed by atoms with van der Waals surface area (Å²) in [7, 11) is 0. The minimum atomic E-state index is -0.0589. The lowest BCUT2D eigenvalue weighted by molar-refractivity contribution is -0.116. The van der Waals surface area contributed by atoms with Crippen LogP contribution in [0, 0.1) is 25.2 Å². The Labute approximate surface area is 180 Å². The molecule has 8 heteroatoms. The molecule has 0 aliphatic heterocycles. The summed E-state index contributed by atoms with van der Waals surface area (Å²) < 4.78 is 1.99. The summed E-state index contributed by atoms with van der Waals surface area (Å²) in [6.45, 7) is 7.08. The molecule has 0 aliphatic carbocycles. The zero-order valence-corrected chi connectivity index (χ0v) is 18.2. The number of nitrogens with zero attached hydrogens (tertiary/aromatic N) is 6. The van der Waals surface area contributed by atoms with Crippen LogP contribution in [0.5, 0.6) is 0 Å². The van der Waals surface area contributed by atoms with E-state index in [0.29, 0.717) is 18.2 Å². The first kappa shape index (κ1) is 21.5. The van der Waals surface area contributed by atoms with Gasteiger partial charge in [0.15, 0.2) is 11.0 Å². The monoisotopic (exact) mass is 420 g/mol. The molecule has 3 rings (SSSR count). The number of nitriles is 1. The number of amides is 1. The Hall–Kier alpha value is -3.18. The second-order valence-corrected chi connectivity index (χ2v) is 7.82. The van der Waals surface area contributed by atoms with Crippen molar-refractivity contribution in [3.8, 4) is 17.5 Å². The Kier molecular flexibility index (Phi) is 7.20. The van der Waals surface area contributed by atoms with E-state index in [0.717, 1.165) is 28.2 Å². The first-order valence-electron chi connectivity index (χ1n) is 9.75. The summed E-state index contributed by atoms with van der Waals surface area (Å²) in [5.74, 6) is 0.911. The SMILES string of the molecule is CCn1c(SCC(=O)N(CCC#N)c2cc(C)cc(C)c2)nnc1-c1ccncc1. The van der Waals surface area contributed by atoms with Crippen molar-refractivity contribution in [2.75, 3.05) is 17.2 Å². The minimum Gasteiger partial charge on any atom is -0.311 e. The predicted octanol–water partition coefficient (Wildman–Crippen LogP) is 4.02. The average Bonchev–Trinajstić information content (AvgIpc) is 3.15. The lowest BCUT2D eigenvalue weighted by Gasteiger charge is -2.22. The fraction of sp³-hybridized carbons (Fsp3) is 0.318. The van der Waals surface area contributed by atoms with E-state index in [2.05, 4.69) is 27.3 Å². The highest BCUT2D eigenvalue weighted by Gasteiger charge is 2.19. The van der Waals surface area contributed by atoms with Gasteiger partial charge in [-0.15, -0.1) is 10.2 Å². The van der Waals surface area contributed by atoms with E-state index in [1.165, 1.54) is 11.8 Å². The fourth-order valence-electron chi connectivity index (χ4n) is 3.27. The van der Waals surface area contributed by atoms with E-state index in [9.17, 15) is 4.79 Å². The number of carbonyl (C=O) groups excluding carboxylic acids is 1. The number of anilines is 1. The summed E-state index contributed by atoms with van der Waals surface area (Å²) in [4.78, 5) is 18.8. The number of aryl methyl sites for hydroxylation is 2. The van der Waals surface area contributed by atoms with Gasteiger partial charge in [0.1, 0.15) is 0 Å². The molecule has 0 aliphatic rings. The topological polar surface area (TPSA) is 87.7 Å². The molecule has 0 unspecified atom stereocenters. The second-order valence-electron chi connectivity index (χ2n) is 6.87. The highest BCUT2D eigenvalue weighted by molar-refractivity contribution is 7.99. The molecule has 3 aromatic rings. The summed E-state index contributed by atoms with van der Waals surface area (Å²) in [6, 6.07) is 11.9. The zero-order chi connectivity index (χ0) is 21.5. The highest BCUT2D eigenvalue weighted by atomic mass is 32.2. The molecule has 0 spiro atoms. The van der Waals surface area contributed by atoms with E-state index in [-0.39, 0.29) is 18.1 Å². The Balaban J connectivity index is 1.79. The van der Waals surface area contributed by atoms with Crippen molar-refractivity contribution < 1.29 is 4.79 Å². The fourth-order valence-corrected chi connectivity index (χ4v) is 4.14. The van der Waals surface area contributed by atoms with Crippen LogP contribution in [-0.2, 0) is 11.3 Å². The molecule has 1 amide bonds. The number of carbonyl (C=O) groups is 1. The van der Waals surface area contributed by atoms with Gasteiger partial charge in [-0.2, -0.15) is 5.26 Å². The quantitative estimate of drug-likeness (QED) is 0.512. The molecular formula is C22H24N6OS. The van der Waals surface area contributed by atoms with E-state index in [1.807, 2.05) is 49.6 Å². The number of thioether (sulfide) groups is 1. The molecule has 0 atom stereocenters. The summed E-state index contributed by atoms with van der Waals surface area (Å²) in [5, 5.41) is 18.3. The molecule has 0 radical (unpaired) electrons. The summed E-state index contributed by atoms with van der Waals surface area (Å²) in [6.07, 6.45) is 3.72. The largest absolute Gasteiger partial charge is 0.311 e. The van der Waals surface area contributed by atoms with Gasteiger partial charge in [0.05, 0.1) is 18.2 Å². The lowest BCUT2D eigenvalue weighted by atomic mass is 10.1. The van der Waals surface area contributed by atoms with Crippen molar-refractivity contribution in [2.45, 2.75) is 38.9 Å². The van der Waals surface area contributed by atoms with Crippen LogP contribution in [0.15, 0.2) is 47.9 Å². The molecule has 2 aromatic heterocycles. The number of hydrogen-bond donors (Lipinski definition) is 0. The Morgan fingerprint density at radius 3 is 2.50 bits per heavy atom. The van der Waals surface area contributed by atoms with Crippen molar-refractivity contribution in [3.63, 3.8) is 0 Å². The van der Waals surface area contributed by atoms with Gasteiger partial charge in [-0.05, 0) is 56.2 Å². The maximum absolute atomic E-state index is 13.1. The lowest BCUT2D eigenvalue weighted by Crippen LogP contribution is -2.33. The van der Waals surface area contributed by atoms with Crippen LogP contribution in [-0.4, -0.2) is 38.0 Å². The normalized spacial score (nSPS) is 10.6. The number of aromatic nitrogens is 4. The maximum Gasteiger partial charge on any atom is 0.237 e. The molecule has 0 N–H and O–H groups in total. The summed E-state index contributed by atoms with van der Waals surface area (Å²) in [5.41, 5.74) is 3.92. The van der Waals surface area contributed by atoms with E-state index in [4.69, 9.17) is 5.26 Å². The maximum atomic E-state index is 13.1. The van der Waals surface area contributed by atoms with Crippen molar-refractivity contribution in [1.82, 2.24) is 19.7 Å². The van der Waals surface area contributed by atoms with Gasteiger partial charge in [-0.25, -0.2) is 0 Å². The molecule has 1 aromatic carbocycles. The van der Waals surface area contributed by atoms with Crippen molar-refractivity contribution >= 4 is 23.4 Å². The van der Waals surface area contributed by atoms with Crippen LogP contribution in [0.1, 0.15) is 24.5 Å². The molecule has 0 saturated heterocycles. The van der Waals surface area contributed by atoms with Gasteiger partial charge in [-0.1, -0.05) is 17.8 Å². The minimum absolute atomic E-state index is 0.0589. The molecule has 0 fully saturated rings. The number of pyridine rings is 1. The van der Waals surface area contributed by atoms with E-state index < -0.39 is 0 Å². The zero-order valence-electron chi connectivity index (χ0n) is 17.4. The van der Waals surface area contributed by atoms with Crippen molar-refractivity contribution in [3.05, 3.63) is 53.9 Å². The third-order valence-corrected chi connectivity index (χ3v) is 5.51. The molecule has 0 saturated carbocycles. The molecular weight excluding hydrogens is 396 g/mol. The van der Waals surface area contributed by atoms with Gasteiger partial charge in [0, 0.05) is 36.7 Å². The predicted molar refractivity (Wildman–Crippen MR) is 118 cm³/mol. The van der Waals surface area contributed by atoms with E-state index in [1.54, 1.807) is 17.3 Å². The Morgan fingerprint density at radius 2 is 1.87 bits per heavy atom. The second kappa shape index (κ2) is 10.0. The Bertz CT molecular complexity index is 1040. The van der Waals surface area contributed by atoms with E-state index >= 15 is 0 Å². The van der Waals surface area contributed by atoms with Crippen LogP contribution in [0.25, 0.3) is 11.4 Å². The van der Waals surface area contributed by atoms with Crippen LogP contribution < -0.4 is 4.90 Å². The van der Waals surface area contributed by atoms with Crippen LogP contribution in [0.4, 0.5) is 5.69 Å². The molecule has 154 valence electrons. The van der Waals surface area contributed by atoms with Gasteiger partial charge >= 0.3 is 0 Å². The third-order valence-electron chi connectivity index (χ3n) is 4.56. The van der Waals surface area contributed by atoms with Crippen molar-refractivity contribution in [2.24, 2.45) is 0 Å². The first-order chi connectivity index (χ1) is 14.5. The molecule has 7 nitrogen and oxygen atoms in total. The summed E-state index contributed by atoms with van der Waals surface area (Å²) >= 11 is 1.36. The first-order valence-corrected chi connectivity index (χ1v) is 10.7. The molecule has 30 heavy (non-hydrogen) atoms. The van der Waals surface area contributed by atoms with Gasteiger partial charge in [0.2, 0.25) is 5.91 Å². The van der Waals surface area contributed by atoms with Gasteiger partial charge < -0.3 is 9.47 Å². The van der Waals surface area contributed by atoms with Crippen molar-refractivity contribution in [1.29, 1.82) is 5.26 Å². The van der Waals surface area contributed by atoms with Crippen LogP contribution >= 0.6 is 11.8 Å². The average molecular weight is 421 g/mol. The Morgan fingerprint density at radius 1 is 1.17 bits per heavy atom. The highest BCUT2D eigenvalue weighted by Crippen LogP contribution is 2.25. The molecule has 0 bridgehead atoms. The smallest absolute Gasteiger partial charge is 0.237 e. The van der Waals surface area contributed by atoms with Crippen LogP contribution in [0.3, 0.4) is 0 Å². The third kappa shape index (κ3) is 5.05. The van der Waals surface area contributed by atoms with Gasteiger partial charge in [-0.3, -0.25) is 9.78 Å². The van der Waals surface area contributed by atoms with Gasteiger partial charge in [0.25, 0.3) is 0 Å². The standard InChI is InChI=1S/C22H24N6OS/c1-4-27-21(18-6-9-24-10-7-18)25-26-22(27)30-15-20(29)28(11-5-8-23)19-13-16(2)12-17(3)14-19/h6-7,9-10,12-14H,4-5,11,15H2,1-3H3. The number of hydrogen-bond acceptors (Lipinski definition) is 6.